The maximum Gasteiger partial charge on any atom is 0.251 e. The predicted octanol–water partition coefficient (Wildman–Crippen LogP) is 1.81. The van der Waals surface area contributed by atoms with Gasteiger partial charge in [-0.05, 0) is 52.7 Å². The van der Waals surface area contributed by atoms with Crippen molar-refractivity contribution in [3.8, 4) is 5.69 Å². The number of aromatic nitrogens is 4. The Morgan fingerprint density at radius 1 is 1.21 bits per heavy atom. The highest BCUT2D eigenvalue weighted by molar-refractivity contribution is 5.94. The average molecular weight is 392 g/mol. The van der Waals surface area contributed by atoms with Crippen molar-refractivity contribution in [2.24, 2.45) is 0 Å². The van der Waals surface area contributed by atoms with Crippen LogP contribution in [0.4, 0.5) is 0 Å². The second-order valence-corrected chi connectivity index (χ2v) is 7.22. The number of hydrogen-bond acceptors (Lipinski definition) is 6. The predicted molar refractivity (Wildman–Crippen MR) is 107 cm³/mol. The molecule has 150 valence electrons. The van der Waals surface area contributed by atoms with Gasteiger partial charge in [-0.3, -0.25) is 9.69 Å². The monoisotopic (exact) mass is 392 g/mol. The highest BCUT2D eigenvalue weighted by Gasteiger charge is 2.16. The molecule has 3 aromatic rings. The second kappa shape index (κ2) is 8.93. The van der Waals surface area contributed by atoms with E-state index in [4.69, 9.17) is 4.74 Å². The lowest BCUT2D eigenvalue weighted by atomic mass is 10.1. The van der Waals surface area contributed by atoms with Crippen LogP contribution in [-0.2, 0) is 17.8 Å². The Balaban J connectivity index is 1.33. The number of amides is 1. The van der Waals surface area contributed by atoms with Crippen molar-refractivity contribution >= 4 is 5.91 Å². The van der Waals surface area contributed by atoms with Crippen molar-refractivity contribution < 1.29 is 9.53 Å². The van der Waals surface area contributed by atoms with E-state index in [1.165, 1.54) is 11.9 Å². The van der Waals surface area contributed by atoms with Crippen LogP contribution in [-0.4, -0.2) is 56.8 Å². The Hall–Kier alpha value is -3.10. The molecule has 0 saturated carbocycles. The Morgan fingerprint density at radius 3 is 2.79 bits per heavy atom. The van der Waals surface area contributed by atoms with Crippen LogP contribution in [0, 0.1) is 0 Å². The number of hydrogen-bond donors (Lipinski definition) is 1. The molecule has 1 saturated heterocycles. The van der Waals surface area contributed by atoms with E-state index in [1.807, 2.05) is 24.3 Å². The van der Waals surface area contributed by atoms with Gasteiger partial charge in [-0.1, -0.05) is 24.3 Å². The Morgan fingerprint density at radius 2 is 2.03 bits per heavy atom. The van der Waals surface area contributed by atoms with Crippen molar-refractivity contribution in [1.29, 1.82) is 0 Å². The fraction of sp³-hybridized carbons (Fsp3) is 0.333. The zero-order valence-electron chi connectivity index (χ0n) is 16.4. The summed E-state index contributed by atoms with van der Waals surface area (Å²) >= 11 is 0. The second-order valence-electron chi connectivity index (χ2n) is 7.22. The SMILES string of the molecule is CC1CN(Cc2cccc(CNC(=O)c3ccc(-n4cnnn4)cc3)c2)CCO1. The number of ether oxygens (including phenoxy) is 1. The fourth-order valence-electron chi connectivity index (χ4n) is 3.46. The van der Waals surface area contributed by atoms with Crippen molar-refractivity contribution in [2.45, 2.75) is 26.1 Å². The molecule has 0 bridgehead atoms. The number of carbonyl (C=O) groups excluding carboxylic acids is 1. The maximum absolute atomic E-state index is 12.5. The summed E-state index contributed by atoms with van der Waals surface area (Å²) in [5, 5.41) is 14.0. The number of nitrogens with zero attached hydrogens (tertiary/aromatic N) is 5. The van der Waals surface area contributed by atoms with Gasteiger partial charge in [0.1, 0.15) is 6.33 Å². The highest BCUT2D eigenvalue weighted by atomic mass is 16.5. The molecule has 29 heavy (non-hydrogen) atoms. The summed E-state index contributed by atoms with van der Waals surface area (Å²) in [6.45, 7) is 6.17. The van der Waals surface area contributed by atoms with Gasteiger partial charge in [0.2, 0.25) is 0 Å². The van der Waals surface area contributed by atoms with Crippen molar-refractivity contribution in [1.82, 2.24) is 30.4 Å². The molecule has 1 fully saturated rings. The summed E-state index contributed by atoms with van der Waals surface area (Å²) in [5.74, 6) is -0.110. The van der Waals surface area contributed by atoms with Gasteiger partial charge < -0.3 is 10.1 Å². The van der Waals surface area contributed by atoms with Crippen molar-refractivity contribution in [3.05, 3.63) is 71.5 Å². The van der Waals surface area contributed by atoms with Gasteiger partial charge in [-0.2, -0.15) is 0 Å². The lowest BCUT2D eigenvalue weighted by molar-refractivity contribution is -0.0212. The molecule has 8 heteroatoms. The molecule has 2 aromatic carbocycles. The first kappa shape index (κ1) is 19.2. The average Bonchev–Trinajstić information content (AvgIpc) is 3.27. The normalized spacial score (nSPS) is 17.2. The molecule has 1 aromatic heterocycles. The molecular formula is C21H24N6O2. The van der Waals surface area contributed by atoms with Crippen LogP contribution in [0.1, 0.15) is 28.4 Å². The van der Waals surface area contributed by atoms with E-state index in [0.29, 0.717) is 12.1 Å². The zero-order chi connectivity index (χ0) is 20.1. The van der Waals surface area contributed by atoms with Gasteiger partial charge in [0.05, 0.1) is 18.4 Å². The molecule has 4 rings (SSSR count). The molecule has 0 radical (unpaired) electrons. The summed E-state index contributed by atoms with van der Waals surface area (Å²) in [6.07, 6.45) is 1.79. The van der Waals surface area contributed by atoms with Gasteiger partial charge in [0.25, 0.3) is 5.91 Å². The molecule has 1 amide bonds. The molecule has 2 heterocycles. The number of carbonyl (C=O) groups is 1. The van der Waals surface area contributed by atoms with Crippen LogP contribution in [0.2, 0.25) is 0 Å². The molecular weight excluding hydrogens is 368 g/mol. The third kappa shape index (κ3) is 5.04. The Kier molecular flexibility index (Phi) is 5.92. The smallest absolute Gasteiger partial charge is 0.251 e. The standard InChI is InChI=1S/C21H24N6O2/c1-16-13-26(9-10-29-16)14-18-4-2-3-17(11-18)12-22-21(28)19-5-7-20(8-6-19)27-15-23-24-25-27/h2-8,11,15-16H,9-10,12-14H2,1H3,(H,22,28). The summed E-state index contributed by atoms with van der Waals surface area (Å²) < 4.78 is 7.15. The van der Waals surface area contributed by atoms with E-state index < -0.39 is 0 Å². The van der Waals surface area contributed by atoms with Crippen molar-refractivity contribution in [2.75, 3.05) is 19.7 Å². The van der Waals surface area contributed by atoms with E-state index in [-0.39, 0.29) is 12.0 Å². The van der Waals surface area contributed by atoms with Gasteiger partial charge >= 0.3 is 0 Å². The first-order valence-electron chi connectivity index (χ1n) is 9.71. The van der Waals surface area contributed by atoms with Crippen molar-refractivity contribution in [3.63, 3.8) is 0 Å². The number of nitrogens with one attached hydrogen (secondary N) is 1. The minimum absolute atomic E-state index is 0.110. The number of benzene rings is 2. The summed E-state index contributed by atoms with van der Waals surface area (Å²) in [4.78, 5) is 14.9. The van der Waals surface area contributed by atoms with Gasteiger partial charge in [0.15, 0.2) is 0 Å². The number of rotatable bonds is 6. The molecule has 8 nitrogen and oxygen atoms in total. The molecule has 0 spiro atoms. The minimum Gasteiger partial charge on any atom is -0.376 e. The number of morpholine rings is 1. The first-order valence-corrected chi connectivity index (χ1v) is 9.71. The summed E-state index contributed by atoms with van der Waals surface area (Å²) in [5.41, 5.74) is 3.73. The van der Waals surface area contributed by atoms with Crippen LogP contribution in [0.5, 0.6) is 0 Å². The Labute approximate surface area is 169 Å². The zero-order valence-corrected chi connectivity index (χ0v) is 16.4. The number of tetrazole rings is 1. The van der Waals surface area contributed by atoms with Crippen LogP contribution in [0.3, 0.4) is 0 Å². The van der Waals surface area contributed by atoms with E-state index in [1.54, 1.807) is 16.8 Å². The quantitative estimate of drug-likeness (QED) is 0.689. The summed E-state index contributed by atoms with van der Waals surface area (Å²) in [6, 6.07) is 15.5. The summed E-state index contributed by atoms with van der Waals surface area (Å²) in [7, 11) is 0. The van der Waals surface area contributed by atoms with Crippen LogP contribution >= 0.6 is 0 Å². The van der Waals surface area contributed by atoms with Gasteiger partial charge in [-0.25, -0.2) is 4.68 Å². The van der Waals surface area contributed by atoms with E-state index in [0.717, 1.165) is 37.5 Å². The maximum atomic E-state index is 12.5. The van der Waals surface area contributed by atoms with E-state index >= 15 is 0 Å². The Bertz CT molecular complexity index is 942. The largest absolute Gasteiger partial charge is 0.376 e. The van der Waals surface area contributed by atoms with Gasteiger partial charge in [0, 0.05) is 31.7 Å². The van der Waals surface area contributed by atoms with Crippen LogP contribution < -0.4 is 5.32 Å². The van der Waals surface area contributed by atoms with E-state index in [2.05, 4.69) is 44.8 Å². The first-order chi connectivity index (χ1) is 14.2. The molecule has 1 aliphatic rings. The molecule has 1 aliphatic heterocycles. The lowest BCUT2D eigenvalue weighted by Gasteiger charge is -2.31. The fourth-order valence-corrected chi connectivity index (χ4v) is 3.46. The van der Waals surface area contributed by atoms with Crippen LogP contribution in [0.15, 0.2) is 54.9 Å². The minimum atomic E-state index is -0.110. The third-order valence-electron chi connectivity index (χ3n) is 4.92. The molecule has 1 N–H and O–H groups in total. The lowest BCUT2D eigenvalue weighted by Crippen LogP contribution is -2.40. The molecule has 0 aliphatic carbocycles. The molecule has 1 unspecified atom stereocenters. The highest BCUT2D eigenvalue weighted by Crippen LogP contribution is 2.13. The third-order valence-corrected chi connectivity index (χ3v) is 4.92. The topological polar surface area (TPSA) is 85.2 Å². The van der Waals surface area contributed by atoms with Crippen LogP contribution in [0.25, 0.3) is 5.69 Å². The van der Waals surface area contributed by atoms with Gasteiger partial charge in [-0.15, -0.1) is 5.10 Å². The molecule has 1 atom stereocenters. The van der Waals surface area contributed by atoms with E-state index in [9.17, 15) is 4.79 Å².